The summed E-state index contributed by atoms with van der Waals surface area (Å²) in [6.45, 7) is 6.90. The smallest absolute Gasteiger partial charge is 0.233 e. The second-order valence-electron chi connectivity index (χ2n) is 10.1. The molecule has 6 nitrogen and oxygen atoms in total. The third-order valence-electron chi connectivity index (χ3n) is 8.09. The van der Waals surface area contributed by atoms with Crippen LogP contribution in [0.4, 0.5) is 0 Å². The molecule has 2 aliphatic heterocycles. The number of nitrogens with zero attached hydrogens (tertiary/aromatic N) is 3. The topological polar surface area (TPSA) is 53.1 Å². The minimum atomic E-state index is -0.310. The predicted molar refractivity (Wildman–Crippen MR) is 123 cm³/mol. The largest absolute Gasteiger partial charge is 0.379 e. The summed E-state index contributed by atoms with van der Waals surface area (Å²) in [6.07, 6.45) is 7.04. The number of carbonyl (C=O) groups is 2. The van der Waals surface area contributed by atoms with Crippen molar-refractivity contribution in [1.82, 2.24) is 14.7 Å². The number of hydrogen-bond donors (Lipinski definition) is 0. The van der Waals surface area contributed by atoms with Crippen molar-refractivity contribution in [3.8, 4) is 0 Å². The van der Waals surface area contributed by atoms with Gasteiger partial charge in [-0.1, -0.05) is 36.8 Å². The standard InChI is InChI=1S/C26H37N3O3/c30-24(21-6-4-7-21)29(14-5-13-27-16-18-32-19-17-27)23-10-15-28(20-23)25(31)26(11-12-26)22-8-2-1-3-9-22/h1-3,8-9,21,23H,4-7,10-20H2. The van der Waals surface area contributed by atoms with Gasteiger partial charge in [-0.3, -0.25) is 14.5 Å². The fraction of sp³-hybridized carbons (Fsp3) is 0.692. The van der Waals surface area contributed by atoms with Crippen molar-refractivity contribution in [1.29, 1.82) is 0 Å². The molecule has 0 bridgehead atoms. The molecular weight excluding hydrogens is 402 g/mol. The first-order valence-corrected chi connectivity index (χ1v) is 12.6. The zero-order chi connectivity index (χ0) is 22.0. The van der Waals surface area contributed by atoms with Gasteiger partial charge in [0.1, 0.15) is 0 Å². The van der Waals surface area contributed by atoms with E-state index < -0.39 is 0 Å². The fourth-order valence-corrected chi connectivity index (χ4v) is 5.64. The molecule has 32 heavy (non-hydrogen) atoms. The second kappa shape index (κ2) is 9.52. The summed E-state index contributed by atoms with van der Waals surface area (Å²) in [4.78, 5) is 33.4. The molecule has 2 amide bonds. The lowest BCUT2D eigenvalue weighted by Gasteiger charge is -2.36. The highest BCUT2D eigenvalue weighted by molar-refractivity contribution is 5.91. The van der Waals surface area contributed by atoms with Crippen LogP contribution in [0, 0.1) is 5.92 Å². The van der Waals surface area contributed by atoms with Crippen molar-refractivity contribution in [3.05, 3.63) is 35.9 Å². The van der Waals surface area contributed by atoms with Gasteiger partial charge in [0.25, 0.3) is 0 Å². The summed E-state index contributed by atoms with van der Waals surface area (Å²) in [5.41, 5.74) is 0.844. The highest BCUT2D eigenvalue weighted by atomic mass is 16.5. The molecule has 1 aromatic rings. The molecule has 2 aliphatic carbocycles. The van der Waals surface area contributed by atoms with Crippen LogP contribution in [0.3, 0.4) is 0 Å². The van der Waals surface area contributed by atoms with Crippen LogP contribution < -0.4 is 0 Å². The SMILES string of the molecule is O=C(C1CCC1)N(CCCN1CCOCC1)C1CCN(C(=O)C2(c3ccccc3)CC2)C1. The summed E-state index contributed by atoms with van der Waals surface area (Å²) in [7, 11) is 0. The highest BCUT2D eigenvalue weighted by Gasteiger charge is 2.54. The number of amides is 2. The zero-order valence-electron chi connectivity index (χ0n) is 19.2. The van der Waals surface area contributed by atoms with Gasteiger partial charge in [-0.25, -0.2) is 0 Å². The van der Waals surface area contributed by atoms with Crippen molar-refractivity contribution in [3.63, 3.8) is 0 Å². The number of benzene rings is 1. The van der Waals surface area contributed by atoms with E-state index >= 15 is 0 Å². The summed E-state index contributed by atoms with van der Waals surface area (Å²) in [6, 6.07) is 10.4. The molecular formula is C26H37N3O3. The van der Waals surface area contributed by atoms with Crippen LogP contribution in [0.1, 0.15) is 50.5 Å². The van der Waals surface area contributed by atoms with E-state index in [2.05, 4.69) is 21.9 Å². The Labute approximate surface area is 191 Å². The van der Waals surface area contributed by atoms with Crippen LogP contribution in [0.5, 0.6) is 0 Å². The Morgan fingerprint density at radius 3 is 2.44 bits per heavy atom. The Kier molecular flexibility index (Phi) is 6.51. The second-order valence-corrected chi connectivity index (χ2v) is 10.1. The van der Waals surface area contributed by atoms with Gasteiger partial charge >= 0.3 is 0 Å². The molecule has 2 saturated carbocycles. The molecule has 1 unspecified atom stereocenters. The minimum Gasteiger partial charge on any atom is -0.379 e. The number of rotatable bonds is 8. The summed E-state index contributed by atoms with van der Waals surface area (Å²) in [5, 5.41) is 0. The lowest BCUT2D eigenvalue weighted by Crippen LogP contribution is -2.48. The first-order valence-electron chi connectivity index (χ1n) is 12.6. The first-order chi connectivity index (χ1) is 15.7. The highest BCUT2D eigenvalue weighted by Crippen LogP contribution is 2.50. The summed E-state index contributed by atoms with van der Waals surface area (Å²) in [5.74, 6) is 0.819. The lowest BCUT2D eigenvalue weighted by molar-refractivity contribution is -0.141. The molecule has 0 aromatic heterocycles. The Balaban J connectivity index is 1.21. The van der Waals surface area contributed by atoms with E-state index in [4.69, 9.17) is 4.74 Å². The quantitative estimate of drug-likeness (QED) is 0.625. The molecule has 0 spiro atoms. The third kappa shape index (κ3) is 4.44. The first kappa shape index (κ1) is 21.9. The van der Waals surface area contributed by atoms with Crippen LogP contribution in [0.15, 0.2) is 30.3 Å². The molecule has 6 heteroatoms. The Morgan fingerprint density at radius 1 is 1.03 bits per heavy atom. The minimum absolute atomic E-state index is 0.170. The van der Waals surface area contributed by atoms with Crippen molar-refractivity contribution in [2.75, 3.05) is 52.5 Å². The van der Waals surface area contributed by atoms with E-state index in [0.717, 1.165) is 90.0 Å². The molecule has 4 aliphatic rings. The van der Waals surface area contributed by atoms with Crippen molar-refractivity contribution in [2.45, 2.75) is 56.4 Å². The number of hydrogen-bond acceptors (Lipinski definition) is 4. The Morgan fingerprint density at radius 2 is 1.78 bits per heavy atom. The van der Waals surface area contributed by atoms with Crippen LogP contribution in [-0.4, -0.2) is 85.0 Å². The van der Waals surface area contributed by atoms with Crippen molar-refractivity contribution in [2.24, 2.45) is 5.92 Å². The predicted octanol–water partition coefficient (Wildman–Crippen LogP) is 2.67. The van der Waals surface area contributed by atoms with Crippen LogP contribution in [0.25, 0.3) is 0 Å². The summed E-state index contributed by atoms with van der Waals surface area (Å²) < 4.78 is 5.46. The third-order valence-corrected chi connectivity index (χ3v) is 8.09. The van der Waals surface area contributed by atoms with Gasteiger partial charge < -0.3 is 14.5 Å². The molecule has 2 saturated heterocycles. The van der Waals surface area contributed by atoms with E-state index in [-0.39, 0.29) is 23.3 Å². The number of carbonyl (C=O) groups excluding carboxylic acids is 2. The molecule has 2 heterocycles. The van der Waals surface area contributed by atoms with E-state index in [9.17, 15) is 9.59 Å². The molecule has 4 fully saturated rings. The molecule has 1 aromatic carbocycles. The molecule has 1 atom stereocenters. The fourth-order valence-electron chi connectivity index (χ4n) is 5.64. The van der Waals surface area contributed by atoms with Crippen LogP contribution >= 0.6 is 0 Å². The normalized spacial score (nSPS) is 25.4. The lowest BCUT2D eigenvalue weighted by atomic mass is 9.84. The Hall–Kier alpha value is -1.92. The Bertz CT molecular complexity index is 800. The monoisotopic (exact) mass is 439 g/mol. The number of ether oxygens (including phenoxy) is 1. The van der Waals surface area contributed by atoms with Gasteiger partial charge in [0.2, 0.25) is 11.8 Å². The number of morpholine rings is 1. The molecule has 5 rings (SSSR count). The van der Waals surface area contributed by atoms with Crippen molar-refractivity contribution < 1.29 is 14.3 Å². The average Bonchev–Trinajstić information content (AvgIpc) is 3.47. The van der Waals surface area contributed by atoms with Gasteiger partial charge in [0.05, 0.1) is 24.7 Å². The van der Waals surface area contributed by atoms with Crippen molar-refractivity contribution >= 4 is 11.8 Å². The van der Waals surface area contributed by atoms with Gasteiger partial charge in [-0.05, 0) is 44.1 Å². The van der Waals surface area contributed by atoms with Gasteiger partial charge in [-0.15, -0.1) is 0 Å². The average molecular weight is 440 g/mol. The maximum Gasteiger partial charge on any atom is 0.233 e. The van der Waals surface area contributed by atoms with E-state index in [1.807, 2.05) is 23.1 Å². The van der Waals surface area contributed by atoms with Gasteiger partial charge in [-0.2, -0.15) is 0 Å². The van der Waals surface area contributed by atoms with E-state index in [1.54, 1.807) is 0 Å². The zero-order valence-corrected chi connectivity index (χ0v) is 19.2. The van der Waals surface area contributed by atoms with E-state index in [0.29, 0.717) is 12.5 Å². The molecule has 174 valence electrons. The van der Waals surface area contributed by atoms with E-state index in [1.165, 1.54) is 6.42 Å². The van der Waals surface area contributed by atoms with Crippen LogP contribution in [0.2, 0.25) is 0 Å². The van der Waals surface area contributed by atoms with Gasteiger partial charge in [0, 0.05) is 45.2 Å². The maximum atomic E-state index is 13.5. The maximum absolute atomic E-state index is 13.5. The van der Waals surface area contributed by atoms with Crippen LogP contribution in [-0.2, 0) is 19.7 Å². The molecule has 0 N–H and O–H groups in total. The van der Waals surface area contributed by atoms with Gasteiger partial charge in [0.15, 0.2) is 0 Å². The molecule has 0 radical (unpaired) electrons. The summed E-state index contributed by atoms with van der Waals surface area (Å²) >= 11 is 0. The number of likely N-dealkylation sites (tertiary alicyclic amines) is 1.